The summed E-state index contributed by atoms with van der Waals surface area (Å²) in [7, 11) is 0. The number of hydrogen-bond donors (Lipinski definition) is 2. The molecule has 1 aliphatic heterocycles. The van der Waals surface area contributed by atoms with Crippen molar-refractivity contribution in [3.8, 4) is 0 Å². The first-order valence-electron chi connectivity index (χ1n) is 9.82. The van der Waals surface area contributed by atoms with E-state index in [1.54, 1.807) is 0 Å². The molecule has 0 atom stereocenters. The number of aromatic nitrogens is 1. The van der Waals surface area contributed by atoms with Crippen molar-refractivity contribution in [3.63, 3.8) is 0 Å². The van der Waals surface area contributed by atoms with Gasteiger partial charge in [0, 0.05) is 53.5 Å². The molecule has 1 saturated heterocycles. The predicted molar refractivity (Wildman–Crippen MR) is 113 cm³/mol. The van der Waals surface area contributed by atoms with Crippen molar-refractivity contribution in [1.29, 1.82) is 0 Å². The molecular weight excluding hydrogens is 350 g/mol. The monoisotopic (exact) mass is 373 g/mol. The number of hydrogen-bond acceptors (Lipinski definition) is 3. The molecule has 5 heteroatoms. The number of benzene rings is 3. The molecule has 0 saturated carbocycles. The first kappa shape index (κ1) is 17.2. The van der Waals surface area contributed by atoms with E-state index >= 15 is 0 Å². The molecule has 1 aromatic heterocycles. The van der Waals surface area contributed by atoms with Crippen LogP contribution in [0, 0.1) is 0 Å². The normalized spacial score (nSPS) is 15.4. The van der Waals surface area contributed by atoms with Crippen molar-refractivity contribution in [1.82, 2.24) is 15.2 Å². The zero-order valence-electron chi connectivity index (χ0n) is 15.7. The number of aromatic amines is 1. The van der Waals surface area contributed by atoms with Crippen molar-refractivity contribution in [3.05, 3.63) is 60.2 Å². The van der Waals surface area contributed by atoms with Crippen LogP contribution in [0.2, 0.25) is 0 Å². The van der Waals surface area contributed by atoms with Gasteiger partial charge in [0.05, 0.1) is 13.2 Å². The molecule has 1 amide bonds. The highest BCUT2D eigenvalue weighted by Gasteiger charge is 2.16. The number of carbonyl (C=O) groups is 1. The van der Waals surface area contributed by atoms with Gasteiger partial charge in [-0.2, -0.15) is 0 Å². The maximum atomic E-state index is 13.0. The lowest BCUT2D eigenvalue weighted by Gasteiger charge is -2.26. The summed E-state index contributed by atoms with van der Waals surface area (Å²) in [6, 6.07) is 18.4. The van der Waals surface area contributed by atoms with E-state index in [1.807, 2.05) is 30.3 Å². The highest BCUT2D eigenvalue weighted by Crippen LogP contribution is 2.34. The molecule has 0 spiro atoms. The van der Waals surface area contributed by atoms with Crippen molar-refractivity contribution < 1.29 is 9.53 Å². The highest BCUT2D eigenvalue weighted by atomic mass is 16.5. The van der Waals surface area contributed by atoms with Crippen LogP contribution in [-0.4, -0.2) is 55.2 Å². The molecule has 2 N–H and O–H groups in total. The smallest absolute Gasteiger partial charge is 0.252 e. The fraction of sp³-hybridized carbons (Fsp3) is 0.261. The average Bonchev–Trinajstić information content (AvgIpc) is 3.12. The number of morpholine rings is 1. The summed E-state index contributed by atoms with van der Waals surface area (Å²) in [5.74, 6) is -0.0231. The van der Waals surface area contributed by atoms with Gasteiger partial charge in [-0.15, -0.1) is 0 Å². The molecule has 28 heavy (non-hydrogen) atoms. The lowest BCUT2D eigenvalue weighted by molar-refractivity contribution is 0.0383. The molecular formula is C23H23N3O2. The standard InChI is InChI=1S/C23H23N3O2/c27-23(24-9-10-26-11-13-28-14-12-26)19-15-21-22(17-6-2-1-5-16(17)19)18-7-3-4-8-20(18)25-21/h1-8,15,25H,9-14H2,(H,24,27). The van der Waals surface area contributed by atoms with Crippen molar-refractivity contribution in [2.75, 3.05) is 39.4 Å². The SMILES string of the molecule is O=C(NCCN1CCOCC1)c1cc2[nH]c3ccccc3c2c2ccccc12. The summed E-state index contributed by atoms with van der Waals surface area (Å²) in [4.78, 5) is 18.8. The first-order chi connectivity index (χ1) is 13.8. The number of rotatable bonds is 4. The minimum atomic E-state index is -0.0231. The molecule has 0 radical (unpaired) electrons. The largest absolute Gasteiger partial charge is 0.379 e. The van der Waals surface area contributed by atoms with Gasteiger partial charge in [0.2, 0.25) is 0 Å². The second-order valence-corrected chi connectivity index (χ2v) is 7.27. The summed E-state index contributed by atoms with van der Waals surface area (Å²) in [6.45, 7) is 4.89. The third kappa shape index (κ3) is 3.03. The fourth-order valence-electron chi connectivity index (χ4n) is 4.15. The van der Waals surface area contributed by atoms with Crippen LogP contribution in [0.5, 0.6) is 0 Å². The Balaban J connectivity index is 1.49. The summed E-state index contributed by atoms with van der Waals surface area (Å²) in [5, 5.41) is 7.56. The van der Waals surface area contributed by atoms with E-state index in [1.165, 1.54) is 10.8 Å². The Labute approximate surface area is 163 Å². The van der Waals surface area contributed by atoms with E-state index in [4.69, 9.17) is 4.74 Å². The lowest BCUT2D eigenvalue weighted by Crippen LogP contribution is -2.41. The van der Waals surface area contributed by atoms with Crippen LogP contribution in [0.3, 0.4) is 0 Å². The summed E-state index contributed by atoms with van der Waals surface area (Å²) < 4.78 is 5.38. The molecule has 4 aromatic rings. The molecule has 1 fully saturated rings. The number of nitrogens with zero attached hydrogens (tertiary/aromatic N) is 1. The number of amides is 1. The van der Waals surface area contributed by atoms with Crippen LogP contribution < -0.4 is 5.32 Å². The molecule has 2 heterocycles. The van der Waals surface area contributed by atoms with Gasteiger partial charge in [-0.25, -0.2) is 0 Å². The maximum absolute atomic E-state index is 13.0. The molecule has 142 valence electrons. The zero-order chi connectivity index (χ0) is 18.9. The summed E-state index contributed by atoms with van der Waals surface area (Å²) in [5.41, 5.74) is 2.81. The van der Waals surface area contributed by atoms with E-state index in [9.17, 15) is 4.79 Å². The lowest BCUT2D eigenvalue weighted by atomic mass is 9.98. The van der Waals surface area contributed by atoms with Crippen molar-refractivity contribution >= 4 is 38.5 Å². The molecule has 0 bridgehead atoms. The van der Waals surface area contributed by atoms with E-state index in [0.717, 1.165) is 60.2 Å². The van der Waals surface area contributed by atoms with Crippen LogP contribution >= 0.6 is 0 Å². The van der Waals surface area contributed by atoms with E-state index in [2.05, 4.69) is 39.5 Å². The third-order valence-electron chi connectivity index (χ3n) is 5.57. The number of H-pyrrole nitrogens is 1. The van der Waals surface area contributed by atoms with Crippen molar-refractivity contribution in [2.24, 2.45) is 0 Å². The predicted octanol–water partition coefficient (Wildman–Crippen LogP) is 3.54. The molecule has 0 aliphatic carbocycles. The second kappa shape index (κ2) is 7.26. The van der Waals surface area contributed by atoms with Gasteiger partial charge in [0.25, 0.3) is 5.91 Å². The quantitative estimate of drug-likeness (QED) is 0.575. The first-order valence-corrected chi connectivity index (χ1v) is 9.82. The Morgan fingerprint density at radius 2 is 1.68 bits per heavy atom. The van der Waals surface area contributed by atoms with Crippen LogP contribution in [0.25, 0.3) is 32.6 Å². The van der Waals surface area contributed by atoms with Crippen LogP contribution in [-0.2, 0) is 4.74 Å². The molecule has 1 aliphatic rings. The topological polar surface area (TPSA) is 57.4 Å². The fourth-order valence-corrected chi connectivity index (χ4v) is 4.15. The minimum absolute atomic E-state index is 0.0231. The van der Waals surface area contributed by atoms with Gasteiger partial charge in [0.1, 0.15) is 0 Å². The van der Waals surface area contributed by atoms with Crippen LogP contribution in [0.1, 0.15) is 10.4 Å². The molecule has 5 nitrogen and oxygen atoms in total. The number of nitrogens with one attached hydrogen (secondary N) is 2. The second-order valence-electron chi connectivity index (χ2n) is 7.27. The van der Waals surface area contributed by atoms with Crippen molar-refractivity contribution in [2.45, 2.75) is 0 Å². The Kier molecular flexibility index (Phi) is 4.47. The highest BCUT2D eigenvalue weighted by molar-refractivity contribution is 6.24. The van der Waals surface area contributed by atoms with E-state index in [-0.39, 0.29) is 5.91 Å². The Bertz CT molecular complexity index is 1160. The summed E-state index contributed by atoms with van der Waals surface area (Å²) >= 11 is 0. The maximum Gasteiger partial charge on any atom is 0.252 e. The van der Waals surface area contributed by atoms with Gasteiger partial charge in [0.15, 0.2) is 0 Å². The van der Waals surface area contributed by atoms with Gasteiger partial charge < -0.3 is 15.0 Å². The number of carbonyl (C=O) groups excluding carboxylic acids is 1. The average molecular weight is 373 g/mol. The number of ether oxygens (including phenoxy) is 1. The minimum Gasteiger partial charge on any atom is -0.379 e. The van der Waals surface area contributed by atoms with Gasteiger partial charge in [-0.3, -0.25) is 9.69 Å². The number of fused-ring (bicyclic) bond motifs is 5. The third-order valence-corrected chi connectivity index (χ3v) is 5.57. The van der Waals surface area contributed by atoms with Crippen LogP contribution in [0.4, 0.5) is 0 Å². The molecule has 0 unspecified atom stereocenters. The van der Waals surface area contributed by atoms with E-state index in [0.29, 0.717) is 6.54 Å². The van der Waals surface area contributed by atoms with Gasteiger partial charge >= 0.3 is 0 Å². The Morgan fingerprint density at radius 1 is 0.964 bits per heavy atom. The number of para-hydroxylation sites is 1. The van der Waals surface area contributed by atoms with Crippen LogP contribution in [0.15, 0.2) is 54.6 Å². The Morgan fingerprint density at radius 3 is 2.50 bits per heavy atom. The zero-order valence-corrected chi connectivity index (χ0v) is 15.7. The van der Waals surface area contributed by atoms with Gasteiger partial charge in [-0.05, 0) is 22.9 Å². The van der Waals surface area contributed by atoms with Gasteiger partial charge in [-0.1, -0.05) is 42.5 Å². The Hall–Kier alpha value is -2.89. The van der Waals surface area contributed by atoms with E-state index < -0.39 is 0 Å². The molecule has 5 rings (SSSR count). The summed E-state index contributed by atoms with van der Waals surface area (Å²) in [6.07, 6.45) is 0. The molecule has 3 aromatic carbocycles.